The Kier molecular flexibility index (Phi) is 4.87. The standard InChI is InChI=1S/C18H26O2/c1-14(8-13-17-18(2,3)20-17)6-5-7-15-9-11-16(19-4)12-10-15/h6,9-12,17H,5,7-8,13H2,1-4H3/b14-6+. The van der Waals surface area contributed by atoms with Crippen molar-refractivity contribution >= 4 is 0 Å². The Morgan fingerprint density at radius 1 is 1.30 bits per heavy atom. The lowest BCUT2D eigenvalue weighted by Gasteiger charge is -2.03. The molecule has 2 heteroatoms. The van der Waals surface area contributed by atoms with Crippen LogP contribution in [0, 0.1) is 0 Å². The second-order valence-electron chi connectivity index (χ2n) is 6.19. The van der Waals surface area contributed by atoms with Crippen molar-refractivity contribution in [2.45, 2.75) is 58.2 Å². The number of hydrogen-bond acceptors (Lipinski definition) is 2. The minimum atomic E-state index is 0.128. The minimum Gasteiger partial charge on any atom is -0.497 e. The maximum Gasteiger partial charge on any atom is 0.118 e. The molecule has 0 saturated carbocycles. The van der Waals surface area contributed by atoms with Crippen molar-refractivity contribution in [3.63, 3.8) is 0 Å². The van der Waals surface area contributed by atoms with Crippen molar-refractivity contribution in [1.29, 1.82) is 0 Å². The predicted octanol–water partition coefficient (Wildman–Crippen LogP) is 4.53. The number of benzene rings is 1. The van der Waals surface area contributed by atoms with Crippen LogP contribution in [0.5, 0.6) is 5.75 Å². The van der Waals surface area contributed by atoms with E-state index in [1.165, 1.54) is 11.1 Å². The first-order valence-electron chi connectivity index (χ1n) is 7.47. The van der Waals surface area contributed by atoms with Gasteiger partial charge in [0, 0.05) is 0 Å². The van der Waals surface area contributed by atoms with E-state index in [9.17, 15) is 0 Å². The Morgan fingerprint density at radius 3 is 2.50 bits per heavy atom. The Bertz CT molecular complexity index is 457. The smallest absolute Gasteiger partial charge is 0.118 e. The fraction of sp³-hybridized carbons (Fsp3) is 0.556. The molecule has 1 unspecified atom stereocenters. The van der Waals surface area contributed by atoms with Crippen LogP contribution in [-0.4, -0.2) is 18.8 Å². The van der Waals surface area contributed by atoms with Crippen LogP contribution in [0.15, 0.2) is 35.9 Å². The zero-order valence-corrected chi connectivity index (χ0v) is 13.1. The maximum atomic E-state index is 5.61. The van der Waals surface area contributed by atoms with E-state index in [-0.39, 0.29) is 5.60 Å². The lowest BCUT2D eigenvalue weighted by atomic mass is 10.0. The first-order chi connectivity index (χ1) is 9.51. The molecule has 1 heterocycles. The van der Waals surface area contributed by atoms with Crippen molar-refractivity contribution in [1.82, 2.24) is 0 Å². The Balaban J connectivity index is 1.69. The molecule has 0 spiro atoms. The summed E-state index contributed by atoms with van der Waals surface area (Å²) in [5, 5.41) is 0. The molecule has 0 aliphatic carbocycles. The Hall–Kier alpha value is -1.28. The summed E-state index contributed by atoms with van der Waals surface area (Å²) < 4.78 is 10.8. The van der Waals surface area contributed by atoms with Gasteiger partial charge in [-0.2, -0.15) is 0 Å². The number of aryl methyl sites for hydroxylation is 1. The number of allylic oxidation sites excluding steroid dienone is 2. The normalized spacial score (nSPS) is 20.8. The Morgan fingerprint density at radius 2 is 1.95 bits per heavy atom. The van der Waals surface area contributed by atoms with Crippen molar-refractivity contribution in [2.75, 3.05) is 7.11 Å². The molecule has 1 saturated heterocycles. The third-order valence-electron chi connectivity index (χ3n) is 4.05. The fourth-order valence-corrected chi connectivity index (χ4v) is 2.48. The summed E-state index contributed by atoms with van der Waals surface area (Å²) in [6.07, 6.45) is 7.32. The van der Waals surface area contributed by atoms with Crippen LogP contribution in [-0.2, 0) is 11.2 Å². The predicted molar refractivity (Wildman–Crippen MR) is 83.3 cm³/mol. The molecule has 0 N–H and O–H groups in total. The van der Waals surface area contributed by atoms with Gasteiger partial charge in [-0.1, -0.05) is 23.8 Å². The molecule has 0 radical (unpaired) electrons. The number of rotatable bonds is 7. The molecule has 0 aromatic heterocycles. The largest absolute Gasteiger partial charge is 0.497 e. The van der Waals surface area contributed by atoms with Crippen LogP contribution >= 0.6 is 0 Å². The lowest BCUT2D eigenvalue weighted by molar-refractivity contribution is 0.320. The number of methoxy groups -OCH3 is 1. The topological polar surface area (TPSA) is 21.8 Å². The van der Waals surface area contributed by atoms with Gasteiger partial charge in [-0.05, 0) is 64.2 Å². The first-order valence-corrected chi connectivity index (χ1v) is 7.47. The van der Waals surface area contributed by atoms with E-state index >= 15 is 0 Å². The summed E-state index contributed by atoms with van der Waals surface area (Å²) in [5.41, 5.74) is 2.97. The molecule has 1 fully saturated rings. The van der Waals surface area contributed by atoms with Crippen LogP contribution in [0.4, 0.5) is 0 Å². The summed E-state index contributed by atoms with van der Waals surface area (Å²) >= 11 is 0. The highest BCUT2D eigenvalue weighted by Gasteiger charge is 2.46. The Labute approximate surface area is 122 Å². The third-order valence-corrected chi connectivity index (χ3v) is 4.05. The number of epoxide rings is 1. The monoisotopic (exact) mass is 274 g/mol. The molecule has 1 aromatic carbocycles. The van der Waals surface area contributed by atoms with Crippen molar-refractivity contribution < 1.29 is 9.47 Å². The van der Waals surface area contributed by atoms with Gasteiger partial charge in [-0.15, -0.1) is 0 Å². The second kappa shape index (κ2) is 6.45. The molecule has 1 aliphatic rings. The van der Waals surface area contributed by atoms with Crippen LogP contribution in [0.3, 0.4) is 0 Å². The first kappa shape index (κ1) is 15.1. The van der Waals surface area contributed by atoms with E-state index in [2.05, 4.69) is 39.0 Å². The van der Waals surface area contributed by atoms with E-state index in [1.54, 1.807) is 7.11 Å². The molecule has 0 amide bonds. The van der Waals surface area contributed by atoms with Crippen LogP contribution in [0.2, 0.25) is 0 Å². The molecule has 110 valence electrons. The fourth-order valence-electron chi connectivity index (χ4n) is 2.48. The summed E-state index contributed by atoms with van der Waals surface area (Å²) in [5.74, 6) is 0.924. The molecule has 0 bridgehead atoms. The third kappa shape index (κ3) is 4.38. The molecular formula is C18H26O2. The van der Waals surface area contributed by atoms with Crippen molar-refractivity contribution in [3.8, 4) is 5.75 Å². The van der Waals surface area contributed by atoms with Gasteiger partial charge in [0.25, 0.3) is 0 Å². The maximum absolute atomic E-state index is 5.61. The van der Waals surface area contributed by atoms with Gasteiger partial charge >= 0.3 is 0 Å². The SMILES string of the molecule is COc1ccc(CC/C=C(\C)CCC2OC2(C)C)cc1. The van der Waals surface area contributed by atoms with Gasteiger partial charge in [-0.25, -0.2) is 0 Å². The van der Waals surface area contributed by atoms with Crippen LogP contribution in [0.25, 0.3) is 0 Å². The molecule has 1 atom stereocenters. The van der Waals surface area contributed by atoms with Gasteiger partial charge in [0.05, 0.1) is 18.8 Å². The van der Waals surface area contributed by atoms with Gasteiger partial charge in [0.2, 0.25) is 0 Å². The highest BCUT2D eigenvalue weighted by atomic mass is 16.6. The number of ether oxygens (including phenoxy) is 2. The van der Waals surface area contributed by atoms with E-state index in [0.29, 0.717) is 6.10 Å². The highest BCUT2D eigenvalue weighted by molar-refractivity contribution is 5.27. The van der Waals surface area contributed by atoms with Gasteiger partial charge < -0.3 is 9.47 Å². The molecule has 1 aliphatic heterocycles. The molecule has 2 nitrogen and oxygen atoms in total. The van der Waals surface area contributed by atoms with E-state index in [1.807, 2.05) is 12.1 Å². The number of hydrogen-bond donors (Lipinski definition) is 0. The lowest BCUT2D eigenvalue weighted by Crippen LogP contribution is -2.02. The average molecular weight is 274 g/mol. The minimum absolute atomic E-state index is 0.128. The van der Waals surface area contributed by atoms with Gasteiger partial charge in [0.15, 0.2) is 0 Å². The van der Waals surface area contributed by atoms with Crippen LogP contribution in [0.1, 0.15) is 45.6 Å². The second-order valence-corrected chi connectivity index (χ2v) is 6.19. The van der Waals surface area contributed by atoms with E-state index in [4.69, 9.17) is 9.47 Å². The molecule has 20 heavy (non-hydrogen) atoms. The molecule has 1 aromatic rings. The quantitative estimate of drug-likeness (QED) is 0.538. The molecular weight excluding hydrogens is 248 g/mol. The highest BCUT2D eigenvalue weighted by Crippen LogP contribution is 2.38. The van der Waals surface area contributed by atoms with E-state index < -0.39 is 0 Å². The summed E-state index contributed by atoms with van der Waals surface area (Å²) in [7, 11) is 1.70. The summed E-state index contributed by atoms with van der Waals surface area (Å²) in [4.78, 5) is 0. The molecule has 2 rings (SSSR count). The van der Waals surface area contributed by atoms with Crippen molar-refractivity contribution in [3.05, 3.63) is 41.5 Å². The van der Waals surface area contributed by atoms with Gasteiger partial charge in [-0.3, -0.25) is 0 Å². The van der Waals surface area contributed by atoms with E-state index in [0.717, 1.165) is 31.4 Å². The summed E-state index contributed by atoms with van der Waals surface area (Å²) in [6.45, 7) is 6.56. The van der Waals surface area contributed by atoms with Crippen molar-refractivity contribution in [2.24, 2.45) is 0 Å². The zero-order chi connectivity index (χ0) is 14.6. The summed E-state index contributed by atoms with van der Waals surface area (Å²) in [6, 6.07) is 8.34. The van der Waals surface area contributed by atoms with Gasteiger partial charge in [0.1, 0.15) is 5.75 Å². The van der Waals surface area contributed by atoms with Crippen LogP contribution < -0.4 is 4.74 Å². The average Bonchev–Trinajstić information content (AvgIpc) is 3.05. The zero-order valence-electron chi connectivity index (χ0n) is 13.1.